The van der Waals surface area contributed by atoms with Crippen LogP contribution in [0.4, 0.5) is 0 Å². The summed E-state index contributed by atoms with van der Waals surface area (Å²) in [6.07, 6.45) is 5.83. The summed E-state index contributed by atoms with van der Waals surface area (Å²) < 4.78 is 0. The van der Waals surface area contributed by atoms with Crippen LogP contribution in [0, 0.1) is 6.92 Å². The van der Waals surface area contributed by atoms with Crippen molar-refractivity contribution in [2.75, 3.05) is 59.4 Å². The van der Waals surface area contributed by atoms with E-state index in [4.69, 9.17) is 0 Å². The zero-order chi connectivity index (χ0) is 20.5. The second-order valence-electron chi connectivity index (χ2n) is 8.27. The van der Waals surface area contributed by atoms with Gasteiger partial charge in [-0.15, -0.1) is 24.0 Å². The van der Waals surface area contributed by atoms with Crippen molar-refractivity contribution in [2.24, 2.45) is 4.99 Å². The minimum absolute atomic E-state index is 0. The molecule has 6 nitrogen and oxygen atoms in total. The summed E-state index contributed by atoms with van der Waals surface area (Å²) in [5, 5.41) is 3.50. The lowest BCUT2D eigenvalue weighted by Crippen LogP contribution is -2.54. The molecule has 1 amide bonds. The first-order valence-corrected chi connectivity index (χ1v) is 11.2. The fourth-order valence-electron chi connectivity index (χ4n) is 4.13. The molecule has 2 fully saturated rings. The number of benzene rings is 1. The van der Waals surface area contributed by atoms with E-state index in [1.165, 1.54) is 24.0 Å². The Bertz CT molecular complexity index is 663. The summed E-state index contributed by atoms with van der Waals surface area (Å²) in [6.45, 7) is 9.10. The second-order valence-corrected chi connectivity index (χ2v) is 8.27. The molecule has 7 heteroatoms. The van der Waals surface area contributed by atoms with Crippen LogP contribution in [0.3, 0.4) is 0 Å². The molecular weight excluding hydrogens is 489 g/mol. The number of halogens is 1. The van der Waals surface area contributed by atoms with Crippen LogP contribution in [0.25, 0.3) is 0 Å². The van der Waals surface area contributed by atoms with E-state index in [2.05, 4.69) is 56.2 Å². The zero-order valence-corrected chi connectivity index (χ0v) is 20.9. The van der Waals surface area contributed by atoms with Crippen molar-refractivity contribution in [2.45, 2.75) is 39.0 Å². The highest BCUT2D eigenvalue weighted by molar-refractivity contribution is 14.0. The van der Waals surface area contributed by atoms with Crippen LogP contribution in [0.1, 0.15) is 36.8 Å². The topological polar surface area (TPSA) is 51.2 Å². The molecule has 0 aliphatic carbocycles. The summed E-state index contributed by atoms with van der Waals surface area (Å²) in [4.78, 5) is 23.8. The van der Waals surface area contributed by atoms with Crippen molar-refractivity contribution in [3.8, 4) is 0 Å². The molecule has 1 aromatic rings. The molecule has 0 aromatic heterocycles. The number of rotatable bonds is 5. The van der Waals surface area contributed by atoms with Gasteiger partial charge >= 0.3 is 0 Å². The number of aliphatic imine (C=N–C) groups is 1. The van der Waals surface area contributed by atoms with E-state index in [1.807, 2.05) is 7.05 Å². The summed E-state index contributed by atoms with van der Waals surface area (Å²) in [6, 6.07) is 8.71. The number of nitrogens with one attached hydrogen (secondary N) is 1. The van der Waals surface area contributed by atoms with E-state index in [1.54, 1.807) is 0 Å². The lowest BCUT2D eigenvalue weighted by Gasteiger charge is -2.37. The predicted molar refractivity (Wildman–Crippen MR) is 135 cm³/mol. The van der Waals surface area contributed by atoms with Gasteiger partial charge in [0.1, 0.15) is 0 Å². The lowest BCUT2D eigenvalue weighted by molar-refractivity contribution is -0.132. The minimum Gasteiger partial charge on any atom is -0.356 e. The van der Waals surface area contributed by atoms with E-state index in [9.17, 15) is 4.79 Å². The van der Waals surface area contributed by atoms with Gasteiger partial charge in [-0.1, -0.05) is 42.7 Å². The largest absolute Gasteiger partial charge is 0.356 e. The van der Waals surface area contributed by atoms with E-state index in [-0.39, 0.29) is 24.0 Å². The van der Waals surface area contributed by atoms with Crippen molar-refractivity contribution in [1.82, 2.24) is 20.0 Å². The van der Waals surface area contributed by atoms with E-state index in [0.717, 1.165) is 71.0 Å². The van der Waals surface area contributed by atoms with Gasteiger partial charge in [-0.25, -0.2) is 0 Å². The number of guanidine groups is 1. The molecule has 0 saturated carbocycles. The van der Waals surface area contributed by atoms with E-state index < -0.39 is 0 Å². The molecule has 2 aliphatic rings. The molecule has 168 valence electrons. The number of hydrogen-bond acceptors (Lipinski definition) is 3. The van der Waals surface area contributed by atoms with Crippen molar-refractivity contribution in [3.05, 3.63) is 35.4 Å². The monoisotopic (exact) mass is 527 g/mol. The van der Waals surface area contributed by atoms with Crippen molar-refractivity contribution >= 4 is 35.8 Å². The summed E-state index contributed by atoms with van der Waals surface area (Å²) in [5.74, 6) is 1.27. The molecule has 1 N–H and O–H groups in total. The molecule has 0 spiro atoms. The smallest absolute Gasteiger partial charge is 0.236 e. The highest BCUT2D eigenvalue weighted by Crippen LogP contribution is 2.11. The molecular formula is C23H38IN5O. The normalized spacial score (nSPS) is 18.5. The molecule has 1 aromatic carbocycles. The van der Waals surface area contributed by atoms with Crippen molar-refractivity contribution in [3.63, 3.8) is 0 Å². The first kappa shape index (κ1) is 24.9. The molecule has 2 aliphatic heterocycles. The third-order valence-corrected chi connectivity index (χ3v) is 6.02. The molecule has 0 atom stereocenters. The standard InChI is InChI=1S/C23H37N5O.HI/c1-20-7-9-21(10-8-20)11-12-25-23(24-2)28-17-15-26(16-18-28)19-22(29)27-13-5-3-4-6-14-27;/h7-10H,3-6,11-19H2,1-2H3,(H,24,25);1H. The third kappa shape index (κ3) is 7.72. The van der Waals surface area contributed by atoms with Crippen LogP contribution in [0.15, 0.2) is 29.3 Å². The molecule has 3 rings (SSSR count). The Balaban J connectivity index is 0.00000320. The summed E-state index contributed by atoms with van der Waals surface area (Å²) in [7, 11) is 1.85. The fourth-order valence-corrected chi connectivity index (χ4v) is 4.13. The summed E-state index contributed by atoms with van der Waals surface area (Å²) >= 11 is 0. The quantitative estimate of drug-likeness (QED) is 0.364. The Labute approximate surface area is 199 Å². The molecule has 2 saturated heterocycles. The number of hydrogen-bond donors (Lipinski definition) is 1. The minimum atomic E-state index is 0. The average molecular weight is 527 g/mol. The molecule has 2 heterocycles. The average Bonchev–Trinajstić information content (AvgIpc) is 3.03. The van der Waals surface area contributed by atoms with E-state index in [0.29, 0.717) is 12.5 Å². The first-order valence-electron chi connectivity index (χ1n) is 11.2. The van der Waals surface area contributed by atoms with Crippen LogP contribution in [-0.4, -0.2) is 86.0 Å². The zero-order valence-electron chi connectivity index (χ0n) is 18.6. The van der Waals surface area contributed by atoms with Gasteiger partial charge in [0.15, 0.2) is 5.96 Å². The van der Waals surface area contributed by atoms with Gasteiger partial charge in [-0.2, -0.15) is 0 Å². The van der Waals surface area contributed by atoms with Crippen LogP contribution in [-0.2, 0) is 11.2 Å². The highest BCUT2D eigenvalue weighted by atomic mass is 127. The SMILES string of the molecule is CN=C(NCCc1ccc(C)cc1)N1CCN(CC(=O)N2CCCCCC2)CC1.I. The van der Waals surface area contributed by atoms with Gasteiger partial charge < -0.3 is 15.1 Å². The maximum Gasteiger partial charge on any atom is 0.236 e. The molecule has 0 radical (unpaired) electrons. The summed E-state index contributed by atoms with van der Waals surface area (Å²) in [5.41, 5.74) is 2.64. The lowest BCUT2D eigenvalue weighted by atomic mass is 10.1. The number of aryl methyl sites for hydroxylation is 1. The van der Waals surface area contributed by atoms with Gasteiger partial charge in [0.05, 0.1) is 6.54 Å². The van der Waals surface area contributed by atoms with Crippen LogP contribution >= 0.6 is 24.0 Å². The molecule has 0 bridgehead atoms. The Hall–Kier alpha value is -1.35. The number of carbonyl (C=O) groups is 1. The molecule has 30 heavy (non-hydrogen) atoms. The van der Waals surface area contributed by atoms with Gasteiger partial charge in [0.2, 0.25) is 5.91 Å². The first-order chi connectivity index (χ1) is 14.2. The second kappa shape index (κ2) is 13.1. The predicted octanol–water partition coefficient (Wildman–Crippen LogP) is 2.75. The third-order valence-electron chi connectivity index (χ3n) is 6.02. The van der Waals surface area contributed by atoms with Crippen LogP contribution in [0.2, 0.25) is 0 Å². The molecule has 0 unspecified atom stereocenters. The fraction of sp³-hybridized carbons (Fsp3) is 0.652. The number of amides is 1. The Morgan fingerprint density at radius 1 is 0.933 bits per heavy atom. The van der Waals surface area contributed by atoms with Gasteiger partial charge in [-0.3, -0.25) is 14.7 Å². The Morgan fingerprint density at radius 3 is 2.17 bits per heavy atom. The van der Waals surface area contributed by atoms with E-state index >= 15 is 0 Å². The van der Waals surface area contributed by atoms with Gasteiger partial charge in [-0.05, 0) is 31.7 Å². The maximum absolute atomic E-state index is 12.6. The van der Waals surface area contributed by atoms with Crippen molar-refractivity contribution < 1.29 is 4.79 Å². The Kier molecular flexibility index (Phi) is 10.9. The van der Waals surface area contributed by atoms with Crippen molar-refractivity contribution in [1.29, 1.82) is 0 Å². The van der Waals surface area contributed by atoms with Crippen LogP contribution in [0.5, 0.6) is 0 Å². The van der Waals surface area contributed by atoms with Gasteiger partial charge in [0.25, 0.3) is 0 Å². The number of nitrogens with zero attached hydrogens (tertiary/aromatic N) is 4. The highest BCUT2D eigenvalue weighted by Gasteiger charge is 2.23. The number of carbonyl (C=O) groups excluding carboxylic acids is 1. The number of piperazine rings is 1. The van der Waals surface area contributed by atoms with Crippen LogP contribution < -0.4 is 5.32 Å². The van der Waals surface area contributed by atoms with Gasteiger partial charge in [0, 0.05) is 52.9 Å². The number of likely N-dealkylation sites (tertiary alicyclic amines) is 1. The maximum atomic E-state index is 12.6. The Morgan fingerprint density at radius 2 is 1.57 bits per heavy atom.